The molecule has 0 unspecified atom stereocenters. The van der Waals surface area contributed by atoms with Crippen LogP contribution in [0.5, 0.6) is 0 Å². The number of benzene rings is 3. The lowest BCUT2D eigenvalue weighted by atomic mass is 10.0. The van der Waals surface area contributed by atoms with Gasteiger partial charge in [-0.2, -0.15) is 13.2 Å². The predicted molar refractivity (Wildman–Crippen MR) is 127 cm³/mol. The third-order valence-electron chi connectivity index (χ3n) is 4.68. The summed E-state index contributed by atoms with van der Waals surface area (Å²) in [6.07, 6.45) is -4.32. The van der Waals surface area contributed by atoms with Crippen LogP contribution in [0.4, 0.5) is 24.0 Å². The van der Waals surface area contributed by atoms with Gasteiger partial charge in [-0.15, -0.1) is 10.2 Å². The molecule has 0 aliphatic carbocycles. The standard InChI is InChI=1S/C23H17F3N4O2S2/c24-23(25,26)16-8-4-9-17(12-16)27-20(32)13-33-22-30-29-21(34-22)28-19(31)11-15-7-3-6-14-5-1-2-10-18(14)15/h1-10,12H,11,13H2,(H,27,32)(H,28,29,31). The molecule has 0 aliphatic rings. The van der Waals surface area contributed by atoms with Gasteiger partial charge in [0.2, 0.25) is 16.9 Å². The molecule has 0 bridgehead atoms. The number of hydrogen-bond donors (Lipinski definition) is 2. The highest BCUT2D eigenvalue weighted by molar-refractivity contribution is 8.01. The van der Waals surface area contributed by atoms with Crippen molar-refractivity contribution in [3.8, 4) is 0 Å². The van der Waals surface area contributed by atoms with Crippen LogP contribution in [0.1, 0.15) is 11.1 Å². The van der Waals surface area contributed by atoms with E-state index in [9.17, 15) is 22.8 Å². The molecule has 0 fully saturated rings. The summed E-state index contributed by atoms with van der Waals surface area (Å²) in [5.74, 6) is -0.804. The number of nitrogens with one attached hydrogen (secondary N) is 2. The summed E-state index contributed by atoms with van der Waals surface area (Å²) in [7, 11) is 0. The van der Waals surface area contributed by atoms with E-state index in [-0.39, 0.29) is 23.8 Å². The average molecular weight is 503 g/mol. The first-order chi connectivity index (χ1) is 16.3. The summed E-state index contributed by atoms with van der Waals surface area (Å²) in [5.41, 5.74) is 0.103. The SMILES string of the molecule is O=C(CSc1nnc(NC(=O)Cc2cccc3ccccc23)s1)Nc1cccc(C(F)(F)F)c1. The van der Waals surface area contributed by atoms with Gasteiger partial charge in [0.25, 0.3) is 0 Å². The van der Waals surface area contributed by atoms with Crippen LogP contribution in [0.3, 0.4) is 0 Å². The highest BCUT2D eigenvalue weighted by Crippen LogP contribution is 2.31. The Morgan fingerprint density at radius 2 is 1.68 bits per heavy atom. The smallest absolute Gasteiger partial charge is 0.325 e. The molecule has 11 heteroatoms. The number of aromatic nitrogens is 2. The van der Waals surface area contributed by atoms with Gasteiger partial charge in [-0.25, -0.2) is 0 Å². The molecule has 34 heavy (non-hydrogen) atoms. The number of alkyl halides is 3. The van der Waals surface area contributed by atoms with Crippen molar-refractivity contribution in [3.63, 3.8) is 0 Å². The van der Waals surface area contributed by atoms with Crippen molar-refractivity contribution >= 4 is 56.5 Å². The number of halogens is 3. The molecular formula is C23H17F3N4O2S2. The van der Waals surface area contributed by atoms with E-state index in [0.717, 1.165) is 51.6 Å². The zero-order chi connectivity index (χ0) is 24.1. The van der Waals surface area contributed by atoms with Gasteiger partial charge in [0.1, 0.15) is 0 Å². The highest BCUT2D eigenvalue weighted by atomic mass is 32.2. The van der Waals surface area contributed by atoms with Crippen LogP contribution in [0.2, 0.25) is 0 Å². The van der Waals surface area contributed by atoms with Gasteiger partial charge >= 0.3 is 6.18 Å². The van der Waals surface area contributed by atoms with E-state index >= 15 is 0 Å². The second kappa shape index (κ2) is 10.2. The fourth-order valence-electron chi connectivity index (χ4n) is 3.20. The number of fused-ring (bicyclic) bond motifs is 1. The lowest BCUT2D eigenvalue weighted by molar-refractivity contribution is -0.137. The maximum Gasteiger partial charge on any atom is 0.416 e. The Morgan fingerprint density at radius 3 is 2.50 bits per heavy atom. The summed E-state index contributed by atoms with van der Waals surface area (Å²) in [6.45, 7) is 0. The number of carbonyl (C=O) groups is 2. The van der Waals surface area contributed by atoms with Crippen LogP contribution in [0.25, 0.3) is 10.8 Å². The van der Waals surface area contributed by atoms with E-state index in [0.29, 0.717) is 9.47 Å². The number of carbonyl (C=O) groups excluding carboxylic acids is 2. The fourth-order valence-corrected chi connectivity index (χ4v) is 4.77. The maximum atomic E-state index is 12.8. The third-order valence-corrected chi connectivity index (χ3v) is 6.66. The minimum atomic E-state index is -4.49. The first-order valence-electron chi connectivity index (χ1n) is 9.98. The summed E-state index contributed by atoms with van der Waals surface area (Å²) < 4.78 is 38.8. The van der Waals surface area contributed by atoms with E-state index < -0.39 is 17.6 Å². The zero-order valence-corrected chi connectivity index (χ0v) is 19.1. The largest absolute Gasteiger partial charge is 0.416 e. The molecule has 1 heterocycles. The minimum absolute atomic E-state index is 0.0547. The van der Waals surface area contributed by atoms with Gasteiger partial charge in [0.15, 0.2) is 4.34 Å². The summed E-state index contributed by atoms with van der Waals surface area (Å²) in [6, 6.07) is 18.0. The third kappa shape index (κ3) is 6.12. The Bertz CT molecular complexity index is 1340. The van der Waals surface area contributed by atoms with Gasteiger partial charge in [0.05, 0.1) is 17.7 Å². The highest BCUT2D eigenvalue weighted by Gasteiger charge is 2.30. The van der Waals surface area contributed by atoms with Crippen molar-refractivity contribution in [1.29, 1.82) is 0 Å². The van der Waals surface area contributed by atoms with Crippen molar-refractivity contribution in [1.82, 2.24) is 10.2 Å². The average Bonchev–Trinajstić information content (AvgIpc) is 3.25. The Hall–Kier alpha value is -3.44. The van der Waals surface area contributed by atoms with Crippen molar-refractivity contribution in [2.75, 3.05) is 16.4 Å². The second-order valence-electron chi connectivity index (χ2n) is 7.15. The molecule has 3 aromatic carbocycles. The topological polar surface area (TPSA) is 84.0 Å². The molecule has 174 valence electrons. The number of thioether (sulfide) groups is 1. The number of nitrogens with zero attached hydrogens (tertiary/aromatic N) is 2. The van der Waals surface area contributed by atoms with Crippen LogP contribution in [0, 0.1) is 0 Å². The second-order valence-corrected chi connectivity index (χ2v) is 9.35. The van der Waals surface area contributed by atoms with Crippen LogP contribution in [0.15, 0.2) is 71.1 Å². The lowest BCUT2D eigenvalue weighted by Crippen LogP contribution is -2.15. The van der Waals surface area contributed by atoms with Gasteiger partial charge < -0.3 is 10.6 Å². The van der Waals surface area contributed by atoms with E-state index in [1.165, 1.54) is 12.1 Å². The molecule has 0 saturated heterocycles. The Balaban J connectivity index is 1.30. The van der Waals surface area contributed by atoms with Gasteiger partial charge in [-0.05, 0) is 34.5 Å². The summed E-state index contributed by atoms with van der Waals surface area (Å²) in [4.78, 5) is 24.6. The molecule has 6 nitrogen and oxygen atoms in total. The molecule has 0 radical (unpaired) electrons. The van der Waals surface area contributed by atoms with Crippen LogP contribution >= 0.6 is 23.1 Å². The Kier molecular flexibility index (Phi) is 7.13. The molecule has 0 saturated carbocycles. The van der Waals surface area contributed by atoms with E-state index in [4.69, 9.17) is 0 Å². The zero-order valence-electron chi connectivity index (χ0n) is 17.4. The van der Waals surface area contributed by atoms with Crippen LogP contribution in [-0.4, -0.2) is 27.8 Å². The summed E-state index contributed by atoms with van der Waals surface area (Å²) in [5, 5.41) is 15.3. The molecule has 0 aliphatic heterocycles. The maximum absolute atomic E-state index is 12.8. The number of amides is 2. The Labute approximate surface area is 200 Å². The lowest BCUT2D eigenvalue weighted by Gasteiger charge is -2.09. The molecule has 0 atom stereocenters. The van der Waals surface area contributed by atoms with Crippen molar-refractivity contribution in [2.24, 2.45) is 0 Å². The van der Waals surface area contributed by atoms with Gasteiger partial charge in [-0.3, -0.25) is 9.59 Å². The van der Waals surface area contributed by atoms with E-state index in [1.807, 2.05) is 42.5 Å². The van der Waals surface area contributed by atoms with Crippen molar-refractivity contribution < 1.29 is 22.8 Å². The number of rotatable bonds is 7. The van der Waals surface area contributed by atoms with Crippen molar-refractivity contribution in [2.45, 2.75) is 16.9 Å². The molecule has 4 aromatic rings. The molecule has 2 amide bonds. The minimum Gasteiger partial charge on any atom is -0.325 e. The van der Waals surface area contributed by atoms with Crippen LogP contribution < -0.4 is 10.6 Å². The number of hydrogen-bond acceptors (Lipinski definition) is 6. The fraction of sp³-hybridized carbons (Fsp3) is 0.130. The molecule has 4 rings (SSSR count). The molecule has 1 aromatic heterocycles. The van der Waals surface area contributed by atoms with E-state index in [2.05, 4.69) is 20.8 Å². The van der Waals surface area contributed by atoms with Crippen molar-refractivity contribution in [3.05, 3.63) is 77.9 Å². The van der Waals surface area contributed by atoms with E-state index in [1.54, 1.807) is 0 Å². The molecule has 2 N–H and O–H groups in total. The predicted octanol–water partition coefficient (Wildman–Crippen LogP) is 5.62. The normalized spacial score (nSPS) is 11.4. The first kappa shape index (κ1) is 23.7. The molecule has 0 spiro atoms. The molecular weight excluding hydrogens is 485 g/mol. The van der Waals surface area contributed by atoms with Crippen LogP contribution in [-0.2, 0) is 22.2 Å². The quantitative estimate of drug-likeness (QED) is 0.253. The van der Waals surface area contributed by atoms with Gasteiger partial charge in [0, 0.05) is 5.69 Å². The van der Waals surface area contributed by atoms with Gasteiger partial charge in [-0.1, -0.05) is 71.6 Å². The number of anilines is 2. The Morgan fingerprint density at radius 1 is 0.912 bits per heavy atom. The first-order valence-corrected chi connectivity index (χ1v) is 11.8. The summed E-state index contributed by atoms with van der Waals surface area (Å²) >= 11 is 2.18. The monoisotopic (exact) mass is 502 g/mol.